The van der Waals surface area contributed by atoms with E-state index in [2.05, 4.69) is 39.5 Å². The maximum atomic E-state index is 14.1. The predicted octanol–water partition coefficient (Wildman–Crippen LogP) is 2.83. The fourth-order valence-corrected chi connectivity index (χ4v) is 7.95. The van der Waals surface area contributed by atoms with E-state index >= 15 is 0 Å². The molecule has 4 rings (SSSR count). The number of hydrogen-bond donors (Lipinski definition) is 5. The molecular formula is C33H48N4O7. The van der Waals surface area contributed by atoms with Crippen LogP contribution in [0.2, 0.25) is 0 Å². The molecule has 1 aromatic carbocycles. The maximum absolute atomic E-state index is 14.1. The molecule has 3 aliphatic rings. The third-order valence-corrected chi connectivity index (χ3v) is 9.62. The molecule has 0 fully saturated rings. The number of allylic oxidation sites excluding steroid dienone is 1. The number of amides is 1. The molecule has 0 heterocycles. The van der Waals surface area contributed by atoms with Crippen LogP contribution in [0.1, 0.15) is 68.9 Å². The number of fused-ring (bicyclic) bond motifs is 3. The normalized spacial score (nSPS) is 25.8. The van der Waals surface area contributed by atoms with Crippen molar-refractivity contribution in [3.8, 4) is 5.75 Å². The van der Waals surface area contributed by atoms with Crippen LogP contribution in [0.3, 0.4) is 0 Å². The number of aliphatic hydroxyl groups excluding tert-OH is 2. The predicted molar refractivity (Wildman–Crippen MR) is 168 cm³/mol. The lowest BCUT2D eigenvalue weighted by molar-refractivity contribution is -0.148. The summed E-state index contributed by atoms with van der Waals surface area (Å²) in [5.74, 6) is -6.60. The monoisotopic (exact) mass is 612 g/mol. The molecule has 4 atom stereocenters. The van der Waals surface area contributed by atoms with E-state index in [4.69, 9.17) is 5.73 Å². The largest absolute Gasteiger partial charge is 0.510 e. The third-order valence-electron chi connectivity index (χ3n) is 9.62. The van der Waals surface area contributed by atoms with Gasteiger partial charge < -0.3 is 31.1 Å². The standard InChI is InChI=1S/C33H48N4O7/c1-31(2,3)15-32(4,5)37(10)14-17-13-20(38)22-18(24(17)35(6)7)11-16-12-19-25(36(8)9)27(40)23(30(34)43)29(42)33(19,44)28(41)21(16)26(22)39/h13,16,19,25,38,40-41,44H,11-12,14-15H2,1-10H3,(H2,34,43)/t16-,19-,25-,33-/m0/s1. The number of phenolic OH excluding ortho intramolecular Hbond substituents is 1. The number of likely N-dealkylation sites (N-methyl/N-ethyl adjacent to an activating group) is 1. The number of primary amides is 1. The Morgan fingerprint density at radius 3 is 2.14 bits per heavy atom. The zero-order chi connectivity index (χ0) is 33.4. The average Bonchev–Trinajstić information content (AvgIpc) is 2.84. The van der Waals surface area contributed by atoms with Gasteiger partial charge in [0.25, 0.3) is 5.91 Å². The van der Waals surface area contributed by atoms with Crippen molar-refractivity contribution in [1.82, 2.24) is 9.80 Å². The second-order valence-electron chi connectivity index (χ2n) is 15.0. The van der Waals surface area contributed by atoms with E-state index in [1.807, 2.05) is 26.0 Å². The number of benzene rings is 1. The molecule has 0 saturated heterocycles. The molecule has 0 unspecified atom stereocenters. The van der Waals surface area contributed by atoms with Crippen LogP contribution in [0.4, 0.5) is 5.69 Å². The Balaban J connectivity index is 1.88. The van der Waals surface area contributed by atoms with Crippen LogP contribution in [0.25, 0.3) is 0 Å². The smallest absolute Gasteiger partial charge is 0.255 e. The van der Waals surface area contributed by atoms with Crippen molar-refractivity contribution in [2.75, 3.05) is 40.1 Å². The van der Waals surface area contributed by atoms with E-state index in [1.54, 1.807) is 25.1 Å². The SMILES string of the molecule is CN(C)c1c(CN(C)C(C)(C)CC(C)(C)C)cc(O)c2c1C[C@H]1C[C@H]3[C@H](N(C)C)C(O)=C(C(N)=O)C(=O)[C@@]3(O)C(O)=C1C2=O. The topological polar surface area (TPSA) is 168 Å². The Kier molecular flexibility index (Phi) is 8.28. The first kappa shape index (κ1) is 33.5. The van der Waals surface area contributed by atoms with Crippen LogP contribution >= 0.6 is 0 Å². The van der Waals surface area contributed by atoms with Gasteiger partial charge in [-0.2, -0.15) is 0 Å². The molecule has 0 aliphatic heterocycles. The number of hydrogen-bond acceptors (Lipinski definition) is 10. The number of nitrogens with two attached hydrogens (primary N) is 1. The van der Waals surface area contributed by atoms with Crippen LogP contribution in [0, 0.1) is 17.3 Å². The number of anilines is 1. The number of Topliss-reactive ketones (excluding diaryl/α,β-unsaturated/α-hetero) is 2. The Morgan fingerprint density at radius 2 is 1.64 bits per heavy atom. The highest BCUT2D eigenvalue weighted by atomic mass is 16.3. The molecule has 0 bridgehead atoms. The van der Waals surface area contributed by atoms with Crippen molar-refractivity contribution < 1.29 is 34.8 Å². The fourth-order valence-electron chi connectivity index (χ4n) is 7.95. The highest BCUT2D eigenvalue weighted by Gasteiger charge is 2.63. The minimum atomic E-state index is -2.66. The summed E-state index contributed by atoms with van der Waals surface area (Å²) in [6.07, 6.45) is 1.20. The number of carbonyl (C=O) groups is 3. The maximum Gasteiger partial charge on any atom is 0.255 e. The summed E-state index contributed by atoms with van der Waals surface area (Å²) in [7, 11) is 9.01. The van der Waals surface area contributed by atoms with E-state index in [9.17, 15) is 34.8 Å². The van der Waals surface area contributed by atoms with Crippen LogP contribution in [0.15, 0.2) is 28.7 Å². The highest BCUT2D eigenvalue weighted by Crippen LogP contribution is 2.53. The number of ketones is 2. The molecule has 0 radical (unpaired) electrons. The van der Waals surface area contributed by atoms with Gasteiger partial charge in [-0.1, -0.05) is 20.8 Å². The molecule has 1 aromatic rings. The number of phenols is 1. The number of aromatic hydroxyl groups is 1. The van der Waals surface area contributed by atoms with Gasteiger partial charge in [-0.05, 0) is 82.8 Å². The molecular weight excluding hydrogens is 564 g/mol. The average molecular weight is 613 g/mol. The quantitative estimate of drug-likeness (QED) is 0.289. The summed E-state index contributed by atoms with van der Waals surface area (Å²) in [5, 5.41) is 45.7. The van der Waals surface area contributed by atoms with Crippen molar-refractivity contribution in [3.63, 3.8) is 0 Å². The molecule has 0 saturated carbocycles. The van der Waals surface area contributed by atoms with Gasteiger partial charge in [0, 0.05) is 43.4 Å². The summed E-state index contributed by atoms with van der Waals surface area (Å²) in [5.41, 5.74) is 3.93. The molecule has 0 aromatic heterocycles. The van der Waals surface area contributed by atoms with Gasteiger partial charge in [-0.3, -0.25) is 24.2 Å². The van der Waals surface area contributed by atoms with Crippen LogP contribution in [-0.4, -0.2) is 100 Å². The molecule has 11 heteroatoms. The lowest BCUT2D eigenvalue weighted by Gasteiger charge is -2.50. The first-order valence-corrected chi connectivity index (χ1v) is 15.0. The lowest BCUT2D eigenvalue weighted by atomic mass is 9.58. The second-order valence-corrected chi connectivity index (χ2v) is 15.0. The molecule has 242 valence electrons. The van der Waals surface area contributed by atoms with E-state index < -0.39 is 58.0 Å². The first-order chi connectivity index (χ1) is 20.1. The van der Waals surface area contributed by atoms with Crippen LogP contribution < -0.4 is 10.6 Å². The second kappa shape index (κ2) is 10.9. The minimum Gasteiger partial charge on any atom is -0.510 e. The van der Waals surface area contributed by atoms with Crippen molar-refractivity contribution >= 4 is 23.2 Å². The molecule has 3 aliphatic carbocycles. The van der Waals surface area contributed by atoms with Crippen molar-refractivity contribution in [2.24, 2.45) is 23.0 Å². The third kappa shape index (κ3) is 5.18. The number of rotatable bonds is 7. The Hall–Kier alpha value is -3.41. The van der Waals surface area contributed by atoms with Gasteiger partial charge in [0.05, 0.1) is 11.6 Å². The zero-order valence-electron chi connectivity index (χ0n) is 27.6. The van der Waals surface area contributed by atoms with Gasteiger partial charge in [-0.25, -0.2) is 0 Å². The number of nitrogens with zero attached hydrogens (tertiary/aromatic N) is 3. The van der Waals surface area contributed by atoms with Crippen molar-refractivity contribution in [2.45, 2.75) is 77.6 Å². The Bertz CT molecular complexity index is 1480. The molecule has 11 nitrogen and oxygen atoms in total. The van der Waals surface area contributed by atoms with Crippen molar-refractivity contribution in [1.29, 1.82) is 0 Å². The minimum absolute atomic E-state index is 0.00911. The molecule has 1 amide bonds. The van der Waals surface area contributed by atoms with Gasteiger partial charge in [0.2, 0.25) is 5.78 Å². The van der Waals surface area contributed by atoms with E-state index in [-0.39, 0.29) is 40.7 Å². The van der Waals surface area contributed by atoms with Gasteiger partial charge in [0.1, 0.15) is 22.8 Å². The molecule has 0 spiro atoms. The molecule has 44 heavy (non-hydrogen) atoms. The van der Waals surface area contributed by atoms with Crippen LogP contribution in [-0.2, 0) is 22.6 Å². The van der Waals surface area contributed by atoms with Gasteiger partial charge >= 0.3 is 0 Å². The summed E-state index contributed by atoms with van der Waals surface area (Å²) in [6, 6.07) is 0.542. The Labute approximate surface area is 259 Å². The number of aliphatic hydroxyl groups is 3. The summed E-state index contributed by atoms with van der Waals surface area (Å²) in [4.78, 5) is 45.5. The fraction of sp³-hybridized carbons (Fsp3) is 0.606. The summed E-state index contributed by atoms with van der Waals surface area (Å²) >= 11 is 0. The highest BCUT2D eigenvalue weighted by molar-refractivity contribution is 6.24. The Morgan fingerprint density at radius 1 is 1.05 bits per heavy atom. The first-order valence-electron chi connectivity index (χ1n) is 15.0. The van der Waals surface area contributed by atoms with Crippen molar-refractivity contribution in [3.05, 3.63) is 45.4 Å². The zero-order valence-corrected chi connectivity index (χ0v) is 27.6. The van der Waals surface area contributed by atoms with Gasteiger partial charge in [0.15, 0.2) is 11.4 Å². The summed E-state index contributed by atoms with van der Waals surface area (Å²) in [6.45, 7) is 11.4. The van der Waals surface area contributed by atoms with E-state index in [0.29, 0.717) is 12.1 Å². The summed E-state index contributed by atoms with van der Waals surface area (Å²) < 4.78 is 0. The van der Waals surface area contributed by atoms with E-state index in [0.717, 1.165) is 17.7 Å². The number of carbonyl (C=O) groups excluding carboxylic acids is 3. The van der Waals surface area contributed by atoms with Gasteiger partial charge in [-0.15, -0.1) is 0 Å². The lowest BCUT2D eigenvalue weighted by Crippen LogP contribution is -2.63. The van der Waals surface area contributed by atoms with E-state index in [1.165, 1.54) is 0 Å². The van der Waals surface area contributed by atoms with Crippen LogP contribution in [0.5, 0.6) is 5.75 Å². The molecule has 6 N–H and O–H groups in total.